The number of aryl methyl sites for hydroxylation is 1. The van der Waals surface area contributed by atoms with Crippen LogP contribution in [-0.4, -0.2) is 15.7 Å². The summed E-state index contributed by atoms with van der Waals surface area (Å²) in [6.45, 7) is 1.79. The highest BCUT2D eigenvalue weighted by Crippen LogP contribution is 2.24. The quantitative estimate of drug-likeness (QED) is 0.670. The standard InChI is InChI=1S/C15H10F2N2O/c1-9-4-15-18-14(7-19(15)6-10(9)8-20)12-5-11(16)2-3-13(12)17/h2-8H,1H3. The summed E-state index contributed by atoms with van der Waals surface area (Å²) < 4.78 is 28.6. The van der Waals surface area contributed by atoms with Crippen molar-refractivity contribution in [2.45, 2.75) is 6.92 Å². The number of halogens is 2. The van der Waals surface area contributed by atoms with Crippen molar-refractivity contribution in [1.29, 1.82) is 0 Å². The Bertz CT molecular complexity index is 824. The number of aromatic nitrogens is 2. The van der Waals surface area contributed by atoms with E-state index in [0.717, 1.165) is 30.0 Å². The molecule has 2 heterocycles. The molecule has 0 saturated carbocycles. The fourth-order valence-electron chi connectivity index (χ4n) is 2.09. The van der Waals surface area contributed by atoms with Crippen molar-refractivity contribution in [3.05, 3.63) is 59.4 Å². The lowest BCUT2D eigenvalue weighted by Crippen LogP contribution is -1.91. The fourth-order valence-corrected chi connectivity index (χ4v) is 2.09. The van der Waals surface area contributed by atoms with Crippen molar-refractivity contribution in [3.8, 4) is 11.3 Å². The Balaban J connectivity index is 2.22. The Morgan fingerprint density at radius 2 is 2.00 bits per heavy atom. The van der Waals surface area contributed by atoms with Crippen LogP contribution in [0.1, 0.15) is 15.9 Å². The Morgan fingerprint density at radius 3 is 2.75 bits per heavy atom. The monoisotopic (exact) mass is 272 g/mol. The van der Waals surface area contributed by atoms with Crippen molar-refractivity contribution in [1.82, 2.24) is 9.38 Å². The first-order valence-electron chi connectivity index (χ1n) is 5.98. The second kappa shape index (κ2) is 4.52. The molecule has 3 aromatic rings. The summed E-state index contributed by atoms with van der Waals surface area (Å²) in [7, 11) is 0. The van der Waals surface area contributed by atoms with E-state index in [1.807, 2.05) is 0 Å². The highest BCUT2D eigenvalue weighted by atomic mass is 19.1. The number of carbonyl (C=O) groups is 1. The van der Waals surface area contributed by atoms with Crippen LogP contribution in [0.3, 0.4) is 0 Å². The van der Waals surface area contributed by atoms with Crippen molar-refractivity contribution in [3.63, 3.8) is 0 Å². The smallest absolute Gasteiger partial charge is 0.151 e. The number of hydrogen-bond donors (Lipinski definition) is 0. The number of nitrogens with zero attached hydrogens (tertiary/aromatic N) is 2. The molecule has 0 atom stereocenters. The Hall–Kier alpha value is -2.56. The molecular weight excluding hydrogens is 262 g/mol. The zero-order valence-electron chi connectivity index (χ0n) is 10.6. The molecule has 100 valence electrons. The van der Waals surface area contributed by atoms with Crippen LogP contribution in [0.2, 0.25) is 0 Å². The second-order valence-electron chi connectivity index (χ2n) is 4.55. The summed E-state index contributed by atoms with van der Waals surface area (Å²) in [6, 6.07) is 4.95. The van der Waals surface area contributed by atoms with Gasteiger partial charge in [-0.25, -0.2) is 13.8 Å². The summed E-state index contributed by atoms with van der Waals surface area (Å²) in [5, 5.41) is 0. The normalized spacial score (nSPS) is 10.9. The molecule has 3 nitrogen and oxygen atoms in total. The van der Waals surface area contributed by atoms with E-state index in [2.05, 4.69) is 4.98 Å². The van der Waals surface area contributed by atoms with Crippen molar-refractivity contribution < 1.29 is 13.6 Å². The minimum absolute atomic E-state index is 0.0963. The zero-order chi connectivity index (χ0) is 14.3. The SMILES string of the molecule is Cc1cc2nc(-c3cc(F)ccc3F)cn2cc1C=O. The van der Waals surface area contributed by atoms with E-state index in [1.165, 1.54) is 0 Å². The lowest BCUT2D eigenvalue weighted by molar-refractivity contribution is 0.112. The minimum atomic E-state index is -0.540. The van der Waals surface area contributed by atoms with Crippen molar-refractivity contribution in [2.24, 2.45) is 0 Å². The number of imidazole rings is 1. The Labute approximate surface area is 113 Å². The Morgan fingerprint density at radius 1 is 1.20 bits per heavy atom. The molecule has 0 aliphatic rings. The average Bonchev–Trinajstić information content (AvgIpc) is 2.83. The van der Waals surface area contributed by atoms with Crippen LogP contribution in [0.25, 0.3) is 16.9 Å². The topological polar surface area (TPSA) is 34.4 Å². The van der Waals surface area contributed by atoms with Gasteiger partial charge in [-0.3, -0.25) is 4.79 Å². The van der Waals surface area contributed by atoms with E-state index in [9.17, 15) is 13.6 Å². The van der Waals surface area contributed by atoms with Gasteiger partial charge in [0.05, 0.1) is 5.69 Å². The van der Waals surface area contributed by atoms with Crippen LogP contribution >= 0.6 is 0 Å². The van der Waals surface area contributed by atoms with Crippen LogP contribution in [0.4, 0.5) is 8.78 Å². The van der Waals surface area contributed by atoms with E-state index in [-0.39, 0.29) is 5.56 Å². The first-order valence-corrected chi connectivity index (χ1v) is 5.98. The maximum absolute atomic E-state index is 13.7. The van der Waals surface area contributed by atoms with Gasteiger partial charge in [0.2, 0.25) is 0 Å². The molecule has 0 aliphatic heterocycles. The summed E-state index contributed by atoms with van der Waals surface area (Å²) in [4.78, 5) is 15.2. The molecule has 0 radical (unpaired) electrons. The first kappa shape index (κ1) is 12.5. The molecule has 20 heavy (non-hydrogen) atoms. The van der Waals surface area contributed by atoms with Crippen molar-refractivity contribution in [2.75, 3.05) is 0 Å². The molecule has 3 rings (SSSR count). The summed E-state index contributed by atoms with van der Waals surface area (Å²) >= 11 is 0. The molecule has 1 aromatic carbocycles. The third kappa shape index (κ3) is 1.97. The summed E-state index contributed by atoms with van der Waals surface area (Å²) in [6.07, 6.45) is 3.93. The highest BCUT2D eigenvalue weighted by molar-refractivity contribution is 5.78. The molecule has 0 fully saturated rings. The van der Waals surface area contributed by atoms with Crippen LogP contribution in [-0.2, 0) is 0 Å². The summed E-state index contributed by atoms with van der Waals surface area (Å²) in [5.41, 5.74) is 2.31. The minimum Gasteiger partial charge on any atom is -0.306 e. The maximum Gasteiger partial charge on any atom is 0.151 e. The highest BCUT2D eigenvalue weighted by Gasteiger charge is 2.11. The number of rotatable bonds is 2. The lowest BCUT2D eigenvalue weighted by atomic mass is 10.1. The number of benzene rings is 1. The molecule has 0 spiro atoms. The number of fused-ring (bicyclic) bond motifs is 1. The molecule has 5 heteroatoms. The van der Waals surface area contributed by atoms with Crippen LogP contribution < -0.4 is 0 Å². The predicted molar refractivity (Wildman–Crippen MR) is 70.7 cm³/mol. The molecule has 0 bridgehead atoms. The van der Waals surface area contributed by atoms with Gasteiger partial charge in [0, 0.05) is 23.5 Å². The van der Waals surface area contributed by atoms with Gasteiger partial charge in [-0.05, 0) is 36.8 Å². The number of pyridine rings is 1. The van der Waals surface area contributed by atoms with Crippen LogP contribution in [0.15, 0.2) is 36.7 Å². The Kier molecular flexibility index (Phi) is 2.82. The molecule has 0 N–H and O–H groups in total. The number of carbonyl (C=O) groups excluding carboxylic acids is 1. The van der Waals surface area contributed by atoms with Gasteiger partial charge < -0.3 is 4.40 Å². The predicted octanol–water partition coefficient (Wildman–Crippen LogP) is 3.40. The van der Waals surface area contributed by atoms with E-state index >= 15 is 0 Å². The third-order valence-corrected chi connectivity index (χ3v) is 3.17. The fraction of sp³-hybridized carbons (Fsp3) is 0.0667. The largest absolute Gasteiger partial charge is 0.306 e. The van der Waals surface area contributed by atoms with Gasteiger partial charge in [-0.2, -0.15) is 0 Å². The second-order valence-corrected chi connectivity index (χ2v) is 4.55. The van der Waals surface area contributed by atoms with Crippen molar-refractivity contribution >= 4 is 11.9 Å². The molecular formula is C15H10F2N2O. The molecule has 0 aliphatic carbocycles. The molecule has 0 saturated heterocycles. The first-order chi connectivity index (χ1) is 9.58. The van der Waals surface area contributed by atoms with Gasteiger partial charge in [0.15, 0.2) is 6.29 Å². The van der Waals surface area contributed by atoms with Gasteiger partial charge in [0.1, 0.15) is 17.3 Å². The van der Waals surface area contributed by atoms with E-state index in [4.69, 9.17) is 0 Å². The number of hydrogen-bond acceptors (Lipinski definition) is 2. The van der Waals surface area contributed by atoms with E-state index in [0.29, 0.717) is 16.9 Å². The molecule has 0 amide bonds. The maximum atomic E-state index is 13.7. The molecule has 2 aromatic heterocycles. The third-order valence-electron chi connectivity index (χ3n) is 3.17. The van der Waals surface area contributed by atoms with Gasteiger partial charge in [0.25, 0.3) is 0 Å². The van der Waals surface area contributed by atoms with E-state index in [1.54, 1.807) is 29.8 Å². The van der Waals surface area contributed by atoms with Gasteiger partial charge >= 0.3 is 0 Å². The van der Waals surface area contributed by atoms with Crippen LogP contribution in [0, 0.1) is 18.6 Å². The van der Waals surface area contributed by atoms with Gasteiger partial charge in [-0.1, -0.05) is 0 Å². The van der Waals surface area contributed by atoms with Crippen LogP contribution in [0.5, 0.6) is 0 Å². The molecule has 0 unspecified atom stereocenters. The summed E-state index contributed by atoms with van der Waals surface area (Å²) in [5.74, 6) is -1.06. The number of aldehydes is 1. The lowest BCUT2D eigenvalue weighted by Gasteiger charge is -1.98. The van der Waals surface area contributed by atoms with Gasteiger partial charge in [-0.15, -0.1) is 0 Å². The van der Waals surface area contributed by atoms with E-state index < -0.39 is 11.6 Å². The average molecular weight is 272 g/mol. The zero-order valence-corrected chi connectivity index (χ0v) is 10.6.